The van der Waals surface area contributed by atoms with E-state index in [0.717, 1.165) is 37.1 Å². The highest BCUT2D eigenvalue weighted by molar-refractivity contribution is 5.15. The van der Waals surface area contributed by atoms with Gasteiger partial charge in [-0.3, -0.25) is 9.59 Å². The molecule has 0 spiro atoms. The summed E-state index contributed by atoms with van der Waals surface area (Å²) in [6.45, 7) is 2.49. The van der Waals surface area contributed by atoms with Gasteiger partial charge in [0.25, 0.3) is 0 Å². The van der Waals surface area contributed by atoms with Crippen molar-refractivity contribution in [3.63, 3.8) is 0 Å². The number of hydrogen-bond acceptors (Lipinski definition) is 2. The molecule has 76 valence electrons. The van der Waals surface area contributed by atoms with Crippen LogP contribution in [0.4, 0.5) is 0 Å². The van der Waals surface area contributed by atoms with Gasteiger partial charge in [-0.25, -0.2) is 0 Å². The van der Waals surface area contributed by atoms with Crippen LogP contribution in [0.2, 0.25) is 0 Å². The van der Waals surface area contributed by atoms with Crippen LogP contribution in [0.25, 0.3) is 0 Å². The van der Waals surface area contributed by atoms with Crippen LogP contribution in [-0.4, -0.2) is 9.55 Å². The van der Waals surface area contributed by atoms with Gasteiger partial charge in [-0.15, -0.1) is 0 Å². The van der Waals surface area contributed by atoms with Crippen LogP contribution in [0.1, 0.15) is 31.2 Å². The lowest BCUT2D eigenvalue weighted by atomic mass is 10.0. The summed E-state index contributed by atoms with van der Waals surface area (Å²) in [7, 11) is 0. The van der Waals surface area contributed by atoms with Crippen LogP contribution >= 0.6 is 0 Å². The van der Waals surface area contributed by atoms with E-state index in [4.69, 9.17) is 0 Å². The molecule has 1 aliphatic carbocycles. The van der Waals surface area contributed by atoms with E-state index >= 15 is 0 Å². The number of aryl methyl sites for hydroxylation is 1. The third kappa shape index (κ3) is 1.31. The molecule has 0 aromatic carbocycles. The molecule has 0 amide bonds. The zero-order chi connectivity index (χ0) is 10.1. The molecule has 0 fully saturated rings. The highest BCUT2D eigenvalue weighted by Crippen LogP contribution is 2.16. The van der Waals surface area contributed by atoms with E-state index in [-0.39, 0.29) is 0 Å². The molecule has 0 unspecified atom stereocenters. The van der Waals surface area contributed by atoms with Crippen molar-refractivity contribution >= 4 is 0 Å². The van der Waals surface area contributed by atoms with Crippen molar-refractivity contribution in [3.05, 3.63) is 32.1 Å². The Morgan fingerprint density at radius 3 is 2.71 bits per heavy atom. The van der Waals surface area contributed by atoms with Gasteiger partial charge in [-0.1, -0.05) is 0 Å². The SMILES string of the molecule is CCn1c2c([nH]c(=O)c1=O)CCCC2. The van der Waals surface area contributed by atoms with Gasteiger partial charge < -0.3 is 9.55 Å². The van der Waals surface area contributed by atoms with Crippen molar-refractivity contribution in [1.82, 2.24) is 9.55 Å². The number of rotatable bonds is 1. The summed E-state index contributed by atoms with van der Waals surface area (Å²) in [6.07, 6.45) is 4.02. The zero-order valence-corrected chi connectivity index (χ0v) is 8.30. The van der Waals surface area contributed by atoms with E-state index in [1.54, 1.807) is 4.57 Å². The quantitative estimate of drug-likeness (QED) is 0.659. The lowest BCUT2D eigenvalue weighted by Crippen LogP contribution is -2.40. The fourth-order valence-electron chi connectivity index (χ4n) is 2.09. The molecule has 0 radical (unpaired) electrons. The highest BCUT2D eigenvalue weighted by Gasteiger charge is 2.15. The monoisotopic (exact) mass is 194 g/mol. The lowest BCUT2D eigenvalue weighted by molar-refractivity contribution is 0.569. The average molecular weight is 194 g/mol. The molecule has 1 N–H and O–H groups in total. The molecule has 1 heterocycles. The summed E-state index contributed by atoms with van der Waals surface area (Å²) in [5, 5.41) is 0. The second-order valence-electron chi connectivity index (χ2n) is 3.64. The first-order chi connectivity index (χ1) is 6.74. The molecule has 1 aliphatic rings. The largest absolute Gasteiger partial charge is 0.320 e. The van der Waals surface area contributed by atoms with Crippen molar-refractivity contribution in [2.75, 3.05) is 0 Å². The standard InChI is InChI=1S/C10H14N2O2/c1-2-12-8-6-4-3-5-7(8)11-9(13)10(12)14/h2-6H2,1H3,(H,11,13). The number of nitrogens with zero attached hydrogens (tertiary/aromatic N) is 1. The minimum Gasteiger partial charge on any atom is -0.320 e. The van der Waals surface area contributed by atoms with Gasteiger partial charge in [0.2, 0.25) is 0 Å². The summed E-state index contributed by atoms with van der Waals surface area (Å²) in [5.41, 5.74) is 1.10. The lowest BCUT2D eigenvalue weighted by Gasteiger charge is -2.18. The Morgan fingerprint density at radius 2 is 2.00 bits per heavy atom. The molecule has 1 aromatic rings. The topological polar surface area (TPSA) is 54.9 Å². The van der Waals surface area contributed by atoms with Gasteiger partial charge >= 0.3 is 11.1 Å². The molecule has 4 nitrogen and oxygen atoms in total. The molecule has 1 aromatic heterocycles. The summed E-state index contributed by atoms with van der Waals surface area (Å²) in [6, 6.07) is 0. The minimum absolute atomic E-state index is 0.409. The maximum atomic E-state index is 11.5. The number of aromatic amines is 1. The maximum absolute atomic E-state index is 11.5. The highest BCUT2D eigenvalue weighted by atomic mass is 16.2. The second-order valence-corrected chi connectivity index (χ2v) is 3.64. The first-order valence-electron chi connectivity index (χ1n) is 5.09. The molecule has 0 saturated carbocycles. The Hall–Kier alpha value is -1.32. The Labute approximate surface area is 81.6 Å². The van der Waals surface area contributed by atoms with E-state index in [9.17, 15) is 9.59 Å². The average Bonchev–Trinajstić information content (AvgIpc) is 2.20. The fraction of sp³-hybridized carbons (Fsp3) is 0.600. The predicted molar refractivity (Wildman–Crippen MR) is 53.6 cm³/mol. The van der Waals surface area contributed by atoms with Crippen LogP contribution in [0.3, 0.4) is 0 Å². The van der Waals surface area contributed by atoms with Gasteiger partial charge in [0.1, 0.15) is 0 Å². The summed E-state index contributed by atoms with van der Waals surface area (Å²) in [4.78, 5) is 25.5. The fourth-order valence-corrected chi connectivity index (χ4v) is 2.09. The van der Waals surface area contributed by atoms with Crippen molar-refractivity contribution < 1.29 is 0 Å². The number of H-pyrrole nitrogens is 1. The molecule has 2 rings (SSSR count). The molecular formula is C10H14N2O2. The molecule has 0 bridgehead atoms. The van der Waals surface area contributed by atoms with Crippen molar-refractivity contribution in [2.24, 2.45) is 0 Å². The van der Waals surface area contributed by atoms with Gasteiger partial charge in [-0.05, 0) is 32.6 Å². The van der Waals surface area contributed by atoms with Crippen LogP contribution in [0.5, 0.6) is 0 Å². The normalized spacial score (nSPS) is 15.2. The molecule has 0 atom stereocenters. The smallest absolute Gasteiger partial charge is 0.316 e. The van der Waals surface area contributed by atoms with Crippen LogP contribution in [-0.2, 0) is 19.4 Å². The zero-order valence-electron chi connectivity index (χ0n) is 8.30. The van der Waals surface area contributed by atoms with Gasteiger partial charge in [0.05, 0.1) is 0 Å². The van der Waals surface area contributed by atoms with Crippen LogP contribution in [0.15, 0.2) is 9.59 Å². The minimum atomic E-state index is -0.479. The van der Waals surface area contributed by atoms with Gasteiger partial charge in [0, 0.05) is 17.9 Å². The van der Waals surface area contributed by atoms with Gasteiger partial charge in [0.15, 0.2) is 0 Å². The molecule has 4 heteroatoms. The first-order valence-corrected chi connectivity index (χ1v) is 5.09. The predicted octanol–water partition coefficient (Wildman–Crippen LogP) is 0.435. The van der Waals surface area contributed by atoms with Gasteiger partial charge in [-0.2, -0.15) is 0 Å². The first kappa shape index (κ1) is 9.24. The van der Waals surface area contributed by atoms with Crippen LogP contribution < -0.4 is 11.1 Å². The number of fused-ring (bicyclic) bond motifs is 1. The molecule has 0 aliphatic heterocycles. The van der Waals surface area contributed by atoms with E-state index in [0.29, 0.717) is 6.54 Å². The summed E-state index contributed by atoms with van der Waals surface area (Å²) >= 11 is 0. The third-order valence-corrected chi connectivity index (χ3v) is 2.78. The summed E-state index contributed by atoms with van der Waals surface area (Å²) in [5.74, 6) is 0. The Balaban J connectivity index is 2.72. The van der Waals surface area contributed by atoms with Crippen LogP contribution in [0, 0.1) is 0 Å². The Bertz CT molecular complexity index is 456. The van der Waals surface area contributed by atoms with E-state index < -0.39 is 11.1 Å². The number of hydrogen-bond donors (Lipinski definition) is 1. The van der Waals surface area contributed by atoms with Crippen molar-refractivity contribution in [2.45, 2.75) is 39.2 Å². The van der Waals surface area contributed by atoms with Crippen molar-refractivity contribution in [3.8, 4) is 0 Å². The van der Waals surface area contributed by atoms with E-state index in [1.807, 2.05) is 6.92 Å². The maximum Gasteiger partial charge on any atom is 0.316 e. The van der Waals surface area contributed by atoms with E-state index in [1.165, 1.54) is 0 Å². The summed E-state index contributed by atoms with van der Waals surface area (Å²) < 4.78 is 1.60. The molecular weight excluding hydrogens is 180 g/mol. The Kier molecular flexibility index (Phi) is 2.27. The molecule has 0 saturated heterocycles. The van der Waals surface area contributed by atoms with Crippen molar-refractivity contribution in [1.29, 1.82) is 0 Å². The molecule has 14 heavy (non-hydrogen) atoms. The number of nitrogens with one attached hydrogen (secondary N) is 1. The second kappa shape index (κ2) is 3.44. The van der Waals surface area contributed by atoms with E-state index in [2.05, 4.69) is 4.98 Å². The third-order valence-electron chi connectivity index (χ3n) is 2.78. The Morgan fingerprint density at radius 1 is 1.29 bits per heavy atom. The number of aromatic nitrogens is 2.